The monoisotopic (exact) mass is 374 g/mol. The molecule has 7 nitrogen and oxygen atoms in total. The van der Waals surface area contributed by atoms with Gasteiger partial charge in [-0.15, -0.1) is 0 Å². The summed E-state index contributed by atoms with van der Waals surface area (Å²) in [4.78, 5) is 18.3. The predicted molar refractivity (Wildman–Crippen MR) is 104 cm³/mol. The Kier molecular flexibility index (Phi) is 7.62. The van der Waals surface area contributed by atoms with Gasteiger partial charge in [-0.3, -0.25) is 15.0 Å². The average molecular weight is 374 g/mol. The maximum atomic E-state index is 11.9. The first-order valence-corrected chi connectivity index (χ1v) is 9.84. The standard InChI is InChI=1S/C20H30N4O3/c21-19(25)18-13-17-14-24(18)11-10-22-15-26-12-5-3-1-2-4-7-16-8-6-9-23-20(16)27-17/h4,6-9,17-18,22H,1-3,5,10-15H2,(H2,21,25)/b7-4-. The van der Waals surface area contributed by atoms with E-state index in [0.717, 1.165) is 50.9 Å². The van der Waals surface area contributed by atoms with Crippen molar-refractivity contribution in [1.82, 2.24) is 15.2 Å². The number of nitrogens with zero attached hydrogens (tertiary/aromatic N) is 2. The molecule has 3 atom stereocenters. The second kappa shape index (κ2) is 10.4. The van der Waals surface area contributed by atoms with Crippen LogP contribution >= 0.6 is 0 Å². The van der Waals surface area contributed by atoms with Crippen molar-refractivity contribution in [3.63, 3.8) is 0 Å². The lowest BCUT2D eigenvalue weighted by Crippen LogP contribution is -2.43. The number of nitrogens with one attached hydrogen (secondary N) is 1. The number of aromatic nitrogens is 1. The molecule has 1 aromatic heterocycles. The molecule has 2 aliphatic rings. The summed E-state index contributed by atoms with van der Waals surface area (Å²) in [7, 11) is 0. The summed E-state index contributed by atoms with van der Waals surface area (Å²) < 4.78 is 11.8. The molecule has 0 aromatic carbocycles. The van der Waals surface area contributed by atoms with Crippen LogP contribution in [0.1, 0.15) is 37.7 Å². The summed E-state index contributed by atoms with van der Waals surface area (Å²) in [5, 5.41) is 3.27. The number of allylic oxidation sites excluding steroid dienone is 1. The van der Waals surface area contributed by atoms with Crippen LogP contribution in [0.4, 0.5) is 0 Å². The number of rotatable bonds is 1. The first-order valence-electron chi connectivity index (χ1n) is 9.84. The quantitative estimate of drug-likeness (QED) is 0.775. The molecule has 148 valence electrons. The third kappa shape index (κ3) is 6.02. The van der Waals surface area contributed by atoms with Crippen LogP contribution in [0, 0.1) is 0 Å². The van der Waals surface area contributed by atoms with E-state index < -0.39 is 0 Å². The van der Waals surface area contributed by atoms with Crippen LogP contribution in [0.5, 0.6) is 5.88 Å². The molecule has 1 fully saturated rings. The van der Waals surface area contributed by atoms with Crippen LogP contribution in [0.3, 0.4) is 0 Å². The second-order valence-corrected chi connectivity index (χ2v) is 7.09. The van der Waals surface area contributed by atoms with E-state index in [2.05, 4.69) is 27.4 Å². The normalized spacial score (nSPS) is 29.0. The fraction of sp³-hybridized carbons (Fsp3) is 0.600. The van der Waals surface area contributed by atoms with Gasteiger partial charge in [0.05, 0.1) is 12.8 Å². The third-order valence-electron chi connectivity index (χ3n) is 5.01. The Morgan fingerprint density at radius 2 is 2.26 bits per heavy atom. The molecule has 0 aliphatic carbocycles. The highest BCUT2D eigenvalue weighted by Crippen LogP contribution is 2.24. The molecular formula is C20H30N4O3. The molecule has 3 heterocycles. The molecule has 27 heavy (non-hydrogen) atoms. The minimum atomic E-state index is -0.303. The van der Waals surface area contributed by atoms with Gasteiger partial charge in [-0.05, 0) is 31.4 Å². The highest BCUT2D eigenvalue weighted by Gasteiger charge is 2.36. The van der Waals surface area contributed by atoms with Crippen molar-refractivity contribution in [2.24, 2.45) is 5.73 Å². The Bertz CT molecular complexity index is 637. The lowest BCUT2D eigenvalue weighted by atomic mass is 10.1. The van der Waals surface area contributed by atoms with E-state index >= 15 is 0 Å². The summed E-state index contributed by atoms with van der Waals surface area (Å²) in [6, 6.07) is 3.62. The van der Waals surface area contributed by atoms with Crippen molar-refractivity contribution in [1.29, 1.82) is 0 Å². The molecule has 1 amide bonds. The summed E-state index contributed by atoms with van der Waals surface area (Å²) in [6.45, 7) is 3.44. The lowest BCUT2D eigenvalue weighted by molar-refractivity contribution is -0.122. The number of pyridine rings is 1. The van der Waals surface area contributed by atoms with Gasteiger partial charge >= 0.3 is 0 Å². The van der Waals surface area contributed by atoms with E-state index in [1.165, 1.54) is 0 Å². The topological polar surface area (TPSA) is 89.7 Å². The maximum Gasteiger partial charge on any atom is 0.234 e. The number of primary amides is 1. The molecule has 0 spiro atoms. The zero-order valence-electron chi connectivity index (χ0n) is 15.8. The Hall–Kier alpha value is -1.96. The summed E-state index contributed by atoms with van der Waals surface area (Å²) >= 11 is 0. The summed E-state index contributed by atoms with van der Waals surface area (Å²) in [5.74, 6) is 0.320. The van der Waals surface area contributed by atoms with Gasteiger partial charge in [-0.25, -0.2) is 4.98 Å². The van der Waals surface area contributed by atoms with Crippen molar-refractivity contribution in [2.45, 2.75) is 44.2 Å². The van der Waals surface area contributed by atoms with Crippen LogP contribution in [0.2, 0.25) is 0 Å². The highest BCUT2D eigenvalue weighted by molar-refractivity contribution is 5.80. The fourth-order valence-electron chi connectivity index (χ4n) is 3.57. The number of hydrogen-bond donors (Lipinski definition) is 2. The highest BCUT2D eigenvalue weighted by atomic mass is 16.5. The van der Waals surface area contributed by atoms with Crippen LogP contribution in [-0.2, 0) is 9.53 Å². The van der Waals surface area contributed by atoms with Gasteiger partial charge in [0, 0.05) is 44.4 Å². The Labute approximate surface area is 160 Å². The zero-order valence-corrected chi connectivity index (χ0v) is 15.8. The minimum Gasteiger partial charge on any atom is -0.472 e. The molecular weight excluding hydrogens is 344 g/mol. The van der Waals surface area contributed by atoms with Gasteiger partial charge < -0.3 is 15.2 Å². The number of hydrogen-bond acceptors (Lipinski definition) is 6. The van der Waals surface area contributed by atoms with Gasteiger partial charge in [0.2, 0.25) is 11.8 Å². The molecule has 1 saturated heterocycles. The van der Waals surface area contributed by atoms with E-state index in [1.807, 2.05) is 12.1 Å². The SMILES string of the molecule is NC(=O)C1CC2CN1CCNCOCCCCC/C=C\c1cccnc1O2. The Balaban J connectivity index is 1.71. The van der Waals surface area contributed by atoms with Crippen LogP contribution in [0.15, 0.2) is 24.4 Å². The predicted octanol–water partition coefficient (Wildman–Crippen LogP) is 1.54. The molecule has 3 rings (SSSR count). The third-order valence-corrected chi connectivity index (χ3v) is 5.01. The van der Waals surface area contributed by atoms with Gasteiger partial charge in [-0.2, -0.15) is 0 Å². The zero-order chi connectivity index (χ0) is 18.9. The van der Waals surface area contributed by atoms with Crippen molar-refractivity contribution >= 4 is 12.0 Å². The fourth-order valence-corrected chi connectivity index (χ4v) is 3.57. The van der Waals surface area contributed by atoms with E-state index in [1.54, 1.807) is 6.20 Å². The van der Waals surface area contributed by atoms with Crippen molar-refractivity contribution in [3.8, 4) is 5.88 Å². The van der Waals surface area contributed by atoms with E-state index in [4.69, 9.17) is 15.2 Å². The van der Waals surface area contributed by atoms with E-state index in [-0.39, 0.29) is 18.1 Å². The van der Waals surface area contributed by atoms with Crippen molar-refractivity contribution in [3.05, 3.63) is 30.0 Å². The average Bonchev–Trinajstić information content (AvgIpc) is 3.06. The van der Waals surface area contributed by atoms with Gasteiger partial charge in [0.25, 0.3) is 0 Å². The molecule has 2 aliphatic heterocycles. The number of carbonyl (C=O) groups is 1. The maximum absolute atomic E-state index is 11.9. The number of ether oxygens (including phenoxy) is 2. The van der Waals surface area contributed by atoms with Crippen LogP contribution in [0.25, 0.3) is 6.08 Å². The van der Waals surface area contributed by atoms with E-state index in [9.17, 15) is 4.79 Å². The van der Waals surface area contributed by atoms with E-state index in [0.29, 0.717) is 25.6 Å². The van der Waals surface area contributed by atoms with Gasteiger partial charge in [0.15, 0.2) is 0 Å². The minimum absolute atomic E-state index is 0.0975. The van der Waals surface area contributed by atoms with Gasteiger partial charge in [-0.1, -0.05) is 18.6 Å². The Morgan fingerprint density at radius 3 is 3.15 bits per heavy atom. The summed E-state index contributed by atoms with van der Waals surface area (Å²) in [5.41, 5.74) is 6.58. The Morgan fingerprint density at radius 1 is 1.33 bits per heavy atom. The second-order valence-electron chi connectivity index (χ2n) is 7.09. The molecule has 1 aromatic rings. The molecule has 3 N–H and O–H groups in total. The van der Waals surface area contributed by atoms with Crippen LogP contribution in [-0.4, -0.2) is 60.9 Å². The van der Waals surface area contributed by atoms with Crippen molar-refractivity contribution < 1.29 is 14.3 Å². The lowest BCUT2D eigenvalue weighted by Gasteiger charge is -2.21. The van der Waals surface area contributed by atoms with Crippen molar-refractivity contribution in [2.75, 3.05) is 33.0 Å². The van der Waals surface area contributed by atoms with Gasteiger partial charge in [0.1, 0.15) is 6.10 Å². The number of nitrogens with two attached hydrogens (primary N) is 1. The van der Waals surface area contributed by atoms with Crippen LogP contribution < -0.4 is 15.8 Å². The first-order chi connectivity index (χ1) is 13.2. The molecule has 7 heteroatoms. The number of amides is 1. The molecule has 0 radical (unpaired) electrons. The molecule has 0 saturated carbocycles. The largest absolute Gasteiger partial charge is 0.472 e. The molecule has 3 unspecified atom stereocenters. The molecule has 2 bridgehead atoms. The number of fused-ring (bicyclic) bond motifs is 3. The summed E-state index contributed by atoms with van der Waals surface area (Å²) in [6.07, 6.45) is 10.8. The first kappa shape index (κ1) is 19.8. The smallest absolute Gasteiger partial charge is 0.234 e. The number of carbonyl (C=O) groups excluding carboxylic acids is 1.